The minimum Gasteiger partial charge on any atom is -0.0561 e. The summed E-state index contributed by atoms with van der Waals surface area (Å²) in [5.74, 6) is 0. The minimum atomic E-state index is 0.133. The molecule has 0 atom stereocenters. The van der Waals surface area contributed by atoms with Crippen LogP contribution in [0.2, 0.25) is 0 Å². The second kappa shape index (κ2) is 6.15. The zero-order chi connectivity index (χ0) is 17.4. The summed E-state index contributed by atoms with van der Waals surface area (Å²) >= 11 is 0. The average molecular weight is 306 g/mol. The molecule has 0 aromatic heterocycles. The Kier molecular flexibility index (Phi) is 4.76. The lowest BCUT2D eigenvalue weighted by molar-refractivity contribution is 0.587. The first kappa shape index (κ1) is 17.8. The van der Waals surface area contributed by atoms with Gasteiger partial charge in [0.25, 0.3) is 0 Å². The van der Waals surface area contributed by atoms with E-state index in [-0.39, 0.29) is 10.8 Å². The van der Waals surface area contributed by atoms with Gasteiger partial charge in [0.1, 0.15) is 0 Å². The maximum Gasteiger partial charge on any atom is -0.00130 e. The van der Waals surface area contributed by atoms with Gasteiger partial charge in [0.15, 0.2) is 0 Å². The number of benzene rings is 2. The Labute approximate surface area is 143 Å². The summed E-state index contributed by atoms with van der Waals surface area (Å²) in [6.07, 6.45) is 0.898. The van der Waals surface area contributed by atoms with E-state index in [1.54, 1.807) is 0 Å². The number of hydrogen-bond acceptors (Lipinski definition) is 0. The summed E-state index contributed by atoms with van der Waals surface area (Å²) in [5.41, 5.74) is 7.99. The van der Waals surface area contributed by atoms with Gasteiger partial charge in [-0.15, -0.1) is 0 Å². The first-order valence-electron chi connectivity index (χ1n) is 8.52. The lowest BCUT2D eigenvalue weighted by Crippen LogP contribution is -2.13. The summed E-state index contributed by atoms with van der Waals surface area (Å²) in [4.78, 5) is 0. The lowest BCUT2D eigenvalue weighted by atomic mass is 9.83. The van der Waals surface area contributed by atoms with Crippen LogP contribution in [0.4, 0.5) is 0 Å². The van der Waals surface area contributed by atoms with Crippen molar-refractivity contribution in [3.8, 4) is 0 Å². The fraction of sp³-hybridized carbons (Fsp3) is 0.478. The van der Waals surface area contributed by atoms with Gasteiger partial charge < -0.3 is 0 Å². The predicted molar refractivity (Wildman–Crippen MR) is 100 cm³/mol. The molecule has 0 amide bonds. The van der Waals surface area contributed by atoms with Gasteiger partial charge in [-0.3, -0.25) is 0 Å². The van der Waals surface area contributed by atoms with E-state index in [2.05, 4.69) is 91.8 Å². The molecule has 0 spiro atoms. The largest absolute Gasteiger partial charge is 0.0561 e. The highest BCUT2D eigenvalue weighted by molar-refractivity contribution is 5.38. The normalized spacial score (nSPS) is 12.5. The summed E-state index contributed by atoms with van der Waals surface area (Å²) in [7, 11) is 0. The molecule has 0 aliphatic rings. The molecule has 0 saturated heterocycles. The smallest absolute Gasteiger partial charge is 0.00130 e. The summed E-state index contributed by atoms with van der Waals surface area (Å²) in [5, 5.41) is 0. The maximum absolute atomic E-state index is 3.63. The van der Waals surface area contributed by atoms with E-state index in [1.807, 2.05) is 0 Å². The summed E-state index contributed by atoms with van der Waals surface area (Å²) in [6.45, 7) is 17.8. The fourth-order valence-corrected chi connectivity index (χ4v) is 2.78. The van der Waals surface area contributed by atoms with Crippen molar-refractivity contribution in [3.05, 3.63) is 69.8 Å². The van der Waals surface area contributed by atoms with Crippen LogP contribution in [0, 0.1) is 26.0 Å². The monoisotopic (exact) mass is 306 g/mol. The van der Waals surface area contributed by atoms with Gasteiger partial charge in [-0.25, -0.2) is 0 Å². The van der Waals surface area contributed by atoms with Crippen LogP contribution in [0.15, 0.2) is 24.3 Å². The SMILES string of the molecule is Cc1cc(Cc2[c]c(C(C)(C)C)cc(C)c2)[c]c(C(C)(C)C)c1. The van der Waals surface area contributed by atoms with E-state index in [4.69, 9.17) is 0 Å². The number of aryl methyl sites for hydroxylation is 2. The topological polar surface area (TPSA) is 0 Å². The second-order valence-electron chi connectivity index (χ2n) is 8.87. The van der Waals surface area contributed by atoms with E-state index in [0.29, 0.717) is 0 Å². The molecule has 2 rings (SSSR count). The van der Waals surface area contributed by atoms with Crippen molar-refractivity contribution >= 4 is 0 Å². The highest BCUT2D eigenvalue weighted by atomic mass is 14.2. The molecule has 0 fully saturated rings. The molecule has 2 aromatic carbocycles. The zero-order valence-corrected chi connectivity index (χ0v) is 16.0. The van der Waals surface area contributed by atoms with Crippen molar-refractivity contribution in [2.45, 2.75) is 72.6 Å². The highest BCUT2D eigenvalue weighted by Gasteiger charge is 2.17. The van der Waals surface area contributed by atoms with Gasteiger partial charge in [-0.1, -0.05) is 76.9 Å². The van der Waals surface area contributed by atoms with Crippen LogP contribution in [-0.4, -0.2) is 0 Å². The molecule has 0 aliphatic heterocycles. The van der Waals surface area contributed by atoms with Crippen LogP contribution in [0.5, 0.6) is 0 Å². The first-order valence-corrected chi connectivity index (χ1v) is 8.52. The Balaban J connectivity index is 2.40. The van der Waals surface area contributed by atoms with E-state index < -0.39 is 0 Å². The van der Waals surface area contributed by atoms with Crippen molar-refractivity contribution in [1.82, 2.24) is 0 Å². The first-order chi connectivity index (χ1) is 10.4. The van der Waals surface area contributed by atoms with Crippen LogP contribution >= 0.6 is 0 Å². The Hall–Kier alpha value is -1.56. The molecule has 0 bridgehead atoms. The van der Waals surface area contributed by atoms with Crippen LogP contribution in [0.25, 0.3) is 0 Å². The third kappa shape index (κ3) is 4.70. The van der Waals surface area contributed by atoms with Gasteiger partial charge in [0.05, 0.1) is 0 Å². The molecule has 0 N–H and O–H groups in total. The van der Waals surface area contributed by atoms with Crippen molar-refractivity contribution in [3.63, 3.8) is 0 Å². The third-order valence-corrected chi connectivity index (χ3v) is 4.14. The minimum absolute atomic E-state index is 0.133. The Morgan fingerprint density at radius 3 is 1.30 bits per heavy atom. The molecule has 23 heavy (non-hydrogen) atoms. The fourth-order valence-electron chi connectivity index (χ4n) is 2.78. The molecule has 0 aliphatic carbocycles. The van der Waals surface area contributed by atoms with Crippen LogP contribution in [0.3, 0.4) is 0 Å². The molecule has 0 heteroatoms. The molecule has 0 saturated carbocycles. The molecule has 2 aromatic rings. The number of hydrogen-bond donors (Lipinski definition) is 0. The van der Waals surface area contributed by atoms with Gasteiger partial charge in [-0.2, -0.15) is 0 Å². The average Bonchev–Trinajstić information content (AvgIpc) is 2.35. The second-order valence-corrected chi connectivity index (χ2v) is 8.87. The van der Waals surface area contributed by atoms with Crippen molar-refractivity contribution in [2.24, 2.45) is 0 Å². The number of rotatable bonds is 2. The molecule has 2 radical (unpaired) electrons. The molecule has 0 heterocycles. The van der Waals surface area contributed by atoms with Gasteiger partial charge in [0.2, 0.25) is 0 Å². The van der Waals surface area contributed by atoms with Crippen molar-refractivity contribution in [2.75, 3.05) is 0 Å². The molecule has 0 nitrogen and oxygen atoms in total. The van der Waals surface area contributed by atoms with E-state index in [1.165, 1.54) is 33.4 Å². The highest BCUT2D eigenvalue weighted by Crippen LogP contribution is 2.27. The Morgan fingerprint density at radius 2 is 1.00 bits per heavy atom. The van der Waals surface area contributed by atoms with E-state index >= 15 is 0 Å². The van der Waals surface area contributed by atoms with Crippen LogP contribution in [-0.2, 0) is 17.3 Å². The molecular weight excluding hydrogens is 276 g/mol. The van der Waals surface area contributed by atoms with Gasteiger partial charge in [-0.05, 0) is 65.5 Å². The Morgan fingerprint density at radius 1 is 0.652 bits per heavy atom. The third-order valence-electron chi connectivity index (χ3n) is 4.14. The van der Waals surface area contributed by atoms with Crippen molar-refractivity contribution in [1.29, 1.82) is 0 Å². The maximum atomic E-state index is 3.63. The van der Waals surface area contributed by atoms with Crippen molar-refractivity contribution < 1.29 is 0 Å². The van der Waals surface area contributed by atoms with Crippen LogP contribution in [0.1, 0.15) is 74.9 Å². The van der Waals surface area contributed by atoms with Gasteiger partial charge >= 0.3 is 0 Å². The standard InChI is InChI=1S/C23H30/c1-16-9-18(14-20(11-16)22(3,4)5)13-19-10-17(2)12-21(15-19)23(6,7)8/h9-12H,13H2,1-8H3. The molecular formula is C23H30. The predicted octanol–water partition coefficient (Wildman–Crippen LogP) is 6.09. The Bertz CT molecular complexity index is 629. The van der Waals surface area contributed by atoms with Crippen LogP contribution < -0.4 is 0 Å². The zero-order valence-electron chi connectivity index (χ0n) is 16.0. The lowest BCUT2D eigenvalue weighted by Gasteiger charge is -2.22. The quantitative estimate of drug-likeness (QED) is 0.630. The summed E-state index contributed by atoms with van der Waals surface area (Å²) in [6, 6.07) is 16.3. The van der Waals surface area contributed by atoms with E-state index in [0.717, 1.165) is 6.42 Å². The molecule has 122 valence electrons. The van der Waals surface area contributed by atoms with E-state index in [9.17, 15) is 0 Å². The van der Waals surface area contributed by atoms with Gasteiger partial charge in [0, 0.05) is 0 Å². The molecule has 0 unspecified atom stereocenters. The summed E-state index contributed by atoms with van der Waals surface area (Å²) < 4.78 is 0.